The molecule has 5 heteroatoms. The maximum atomic E-state index is 4.81. The smallest absolute Gasteiger partial charge is 0.150 e. The fourth-order valence-electron chi connectivity index (χ4n) is 4.83. The van der Waals surface area contributed by atoms with Crippen molar-refractivity contribution in [1.29, 1.82) is 0 Å². The molecule has 6 rings (SSSR count). The Morgan fingerprint density at radius 2 is 1.90 bits per heavy atom. The Morgan fingerprint density at radius 3 is 2.70 bits per heavy atom. The summed E-state index contributed by atoms with van der Waals surface area (Å²) < 4.78 is 2.14. The van der Waals surface area contributed by atoms with E-state index in [-0.39, 0.29) is 11.5 Å². The van der Waals surface area contributed by atoms with Gasteiger partial charge < -0.3 is 4.57 Å². The van der Waals surface area contributed by atoms with E-state index in [9.17, 15) is 0 Å². The standard InChI is InChI=1S/C25H21N5/c1-25(2)18-6-4-3-5-16(18)24-17-9-12-30(22(17)8-7-19(24)25)23-15-28-21(14-29-23)20-13-26-10-11-27-20/h3-13,15,21H,14H2,1-2H3. The van der Waals surface area contributed by atoms with E-state index >= 15 is 0 Å². The lowest BCUT2D eigenvalue weighted by molar-refractivity contribution is 0.661. The van der Waals surface area contributed by atoms with Crippen molar-refractivity contribution in [3.05, 3.63) is 84.1 Å². The van der Waals surface area contributed by atoms with Crippen LogP contribution in [0, 0.1) is 0 Å². The minimum absolute atomic E-state index is 0.00989. The fraction of sp³-hybridized carbons (Fsp3) is 0.200. The average molecular weight is 391 g/mol. The van der Waals surface area contributed by atoms with Crippen molar-refractivity contribution in [2.45, 2.75) is 25.3 Å². The third-order valence-corrected chi connectivity index (χ3v) is 6.38. The van der Waals surface area contributed by atoms with E-state index in [1.54, 1.807) is 18.6 Å². The molecule has 2 aromatic heterocycles. The van der Waals surface area contributed by atoms with Gasteiger partial charge in [-0.15, -0.1) is 0 Å². The highest BCUT2D eigenvalue weighted by molar-refractivity contribution is 6.32. The number of aliphatic imine (C=N–C) groups is 2. The van der Waals surface area contributed by atoms with Crippen LogP contribution in [0.15, 0.2) is 77.2 Å². The highest BCUT2D eigenvalue weighted by Crippen LogP contribution is 2.51. The number of hydrogen-bond donors (Lipinski definition) is 0. The molecule has 0 bridgehead atoms. The Kier molecular flexibility index (Phi) is 3.57. The molecule has 4 aromatic rings. The summed E-state index contributed by atoms with van der Waals surface area (Å²) >= 11 is 0. The average Bonchev–Trinajstić information content (AvgIpc) is 3.32. The molecule has 1 aliphatic heterocycles. The van der Waals surface area contributed by atoms with Gasteiger partial charge in [0.05, 0.1) is 30.2 Å². The van der Waals surface area contributed by atoms with Crippen LogP contribution in [0.1, 0.15) is 36.7 Å². The van der Waals surface area contributed by atoms with E-state index in [1.807, 2.05) is 6.21 Å². The molecule has 146 valence electrons. The molecular formula is C25H21N5. The SMILES string of the molecule is CC1(C)c2ccccc2-c2c1ccc1c2ccn1C1=NCC(c2cnccn2)N=C1. The number of nitrogens with zero attached hydrogens (tertiary/aromatic N) is 5. The zero-order valence-corrected chi connectivity index (χ0v) is 16.9. The van der Waals surface area contributed by atoms with Gasteiger partial charge in [-0.1, -0.05) is 44.2 Å². The summed E-state index contributed by atoms with van der Waals surface area (Å²) in [4.78, 5) is 18.0. The Hall–Kier alpha value is -3.60. The number of benzene rings is 2. The van der Waals surface area contributed by atoms with Crippen molar-refractivity contribution in [3.8, 4) is 11.1 Å². The third kappa shape index (κ3) is 2.35. The molecule has 0 radical (unpaired) electrons. The number of rotatable bonds is 1. The molecule has 2 aliphatic rings. The van der Waals surface area contributed by atoms with Gasteiger partial charge in [0.2, 0.25) is 0 Å². The first-order valence-corrected chi connectivity index (χ1v) is 10.2. The van der Waals surface area contributed by atoms with Gasteiger partial charge in [0.15, 0.2) is 5.84 Å². The Morgan fingerprint density at radius 1 is 1.00 bits per heavy atom. The monoisotopic (exact) mass is 391 g/mol. The van der Waals surface area contributed by atoms with Crippen LogP contribution in [0.4, 0.5) is 0 Å². The van der Waals surface area contributed by atoms with Crippen molar-refractivity contribution in [2.24, 2.45) is 9.98 Å². The third-order valence-electron chi connectivity index (χ3n) is 6.38. The van der Waals surface area contributed by atoms with Crippen LogP contribution >= 0.6 is 0 Å². The molecule has 5 nitrogen and oxygen atoms in total. The summed E-state index contributed by atoms with van der Waals surface area (Å²) in [6.45, 7) is 5.20. The fourth-order valence-corrected chi connectivity index (χ4v) is 4.83. The quantitative estimate of drug-likeness (QED) is 0.468. The van der Waals surface area contributed by atoms with Crippen molar-refractivity contribution in [3.63, 3.8) is 0 Å². The second kappa shape index (κ2) is 6.20. The molecule has 0 saturated carbocycles. The minimum Gasteiger partial charge on any atom is -0.300 e. The summed E-state index contributed by atoms with van der Waals surface area (Å²) in [7, 11) is 0. The summed E-state index contributed by atoms with van der Waals surface area (Å²) in [5.74, 6) is 0.857. The molecular weight excluding hydrogens is 370 g/mol. The van der Waals surface area contributed by atoms with Gasteiger partial charge in [-0.25, -0.2) is 0 Å². The van der Waals surface area contributed by atoms with Gasteiger partial charge in [0, 0.05) is 29.4 Å². The predicted molar refractivity (Wildman–Crippen MR) is 120 cm³/mol. The maximum Gasteiger partial charge on any atom is 0.150 e. The molecule has 3 heterocycles. The summed E-state index contributed by atoms with van der Waals surface area (Å²) in [6.07, 6.45) is 9.09. The van der Waals surface area contributed by atoms with E-state index in [2.05, 4.69) is 77.0 Å². The van der Waals surface area contributed by atoms with Crippen molar-refractivity contribution >= 4 is 23.0 Å². The van der Waals surface area contributed by atoms with Gasteiger partial charge in [-0.05, 0) is 34.4 Å². The topological polar surface area (TPSA) is 55.4 Å². The first kappa shape index (κ1) is 17.3. The van der Waals surface area contributed by atoms with Gasteiger partial charge >= 0.3 is 0 Å². The van der Waals surface area contributed by atoms with Crippen LogP contribution in [0.5, 0.6) is 0 Å². The van der Waals surface area contributed by atoms with E-state index in [1.165, 1.54) is 27.6 Å². The van der Waals surface area contributed by atoms with Crippen LogP contribution in [-0.4, -0.2) is 33.1 Å². The van der Waals surface area contributed by atoms with Crippen molar-refractivity contribution in [1.82, 2.24) is 14.5 Å². The molecule has 0 saturated heterocycles. The van der Waals surface area contributed by atoms with E-state index in [0.29, 0.717) is 6.54 Å². The molecule has 1 atom stereocenters. The van der Waals surface area contributed by atoms with E-state index < -0.39 is 0 Å². The van der Waals surface area contributed by atoms with Crippen LogP contribution < -0.4 is 0 Å². The van der Waals surface area contributed by atoms with Crippen molar-refractivity contribution in [2.75, 3.05) is 6.54 Å². The summed E-state index contributed by atoms with van der Waals surface area (Å²) in [5.41, 5.74) is 7.48. The molecule has 2 aromatic carbocycles. The first-order chi connectivity index (χ1) is 14.6. The lowest BCUT2D eigenvalue weighted by atomic mass is 9.82. The molecule has 0 fully saturated rings. The zero-order valence-electron chi connectivity index (χ0n) is 16.9. The van der Waals surface area contributed by atoms with Crippen molar-refractivity contribution < 1.29 is 0 Å². The molecule has 0 amide bonds. The molecule has 30 heavy (non-hydrogen) atoms. The van der Waals surface area contributed by atoms with Crippen LogP contribution in [0.3, 0.4) is 0 Å². The second-order valence-corrected chi connectivity index (χ2v) is 8.40. The lowest BCUT2D eigenvalue weighted by Gasteiger charge is -2.21. The van der Waals surface area contributed by atoms with Crippen LogP contribution in [0.25, 0.3) is 22.0 Å². The highest BCUT2D eigenvalue weighted by atomic mass is 15.1. The zero-order chi connectivity index (χ0) is 20.3. The Balaban J connectivity index is 1.44. The largest absolute Gasteiger partial charge is 0.300 e. The summed E-state index contributed by atoms with van der Waals surface area (Å²) in [5, 5.41) is 1.26. The van der Waals surface area contributed by atoms with Gasteiger partial charge in [-0.2, -0.15) is 0 Å². The number of fused-ring (bicyclic) bond motifs is 5. The number of hydrogen-bond acceptors (Lipinski definition) is 4. The van der Waals surface area contributed by atoms with Gasteiger partial charge in [0.1, 0.15) is 6.04 Å². The van der Waals surface area contributed by atoms with Gasteiger partial charge in [0.25, 0.3) is 0 Å². The molecule has 1 aliphatic carbocycles. The van der Waals surface area contributed by atoms with Crippen LogP contribution in [-0.2, 0) is 5.41 Å². The first-order valence-electron chi connectivity index (χ1n) is 10.2. The van der Waals surface area contributed by atoms with E-state index in [0.717, 1.165) is 17.0 Å². The predicted octanol–water partition coefficient (Wildman–Crippen LogP) is 4.81. The molecule has 0 N–H and O–H groups in total. The molecule has 0 spiro atoms. The highest BCUT2D eigenvalue weighted by Gasteiger charge is 2.36. The minimum atomic E-state index is -0.0683. The number of aromatic nitrogens is 3. The Bertz CT molecular complexity index is 1340. The Labute approximate surface area is 174 Å². The maximum absolute atomic E-state index is 4.81. The second-order valence-electron chi connectivity index (χ2n) is 8.40. The normalized spacial score (nSPS) is 18.9. The lowest BCUT2D eigenvalue weighted by Crippen LogP contribution is -2.20. The summed E-state index contributed by atoms with van der Waals surface area (Å²) in [6, 6.07) is 15.4. The van der Waals surface area contributed by atoms with Crippen LogP contribution in [0.2, 0.25) is 0 Å². The van der Waals surface area contributed by atoms with E-state index in [4.69, 9.17) is 9.98 Å². The molecule has 1 unspecified atom stereocenters. The van der Waals surface area contributed by atoms with Gasteiger partial charge in [-0.3, -0.25) is 20.0 Å².